The number of rotatable bonds is 6. The van der Waals surface area contributed by atoms with Gasteiger partial charge >= 0.3 is 5.69 Å². The maximum atomic E-state index is 13.1. The van der Waals surface area contributed by atoms with E-state index in [2.05, 4.69) is 10.3 Å². The minimum atomic E-state index is -0.611. The Bertz CT molecular complexity index is 1150. The number of hydrogen-bond donors (Lipinski definition) is 2. The number of carbonyl (C=O) groups is 1. The van der Waals surface area contributed by atoms with E-state index in [4.69, 9.17) is 9.47 Å². The van der Waals surface area contributed by atoms with Gasteiger partial charge < -0.3 is 14.8 Å². The summed E-state index contributed by atoms with van der Waals surface area (Å²) in [6.07, 6.45) is 3.55. The van der Waals surface area contributed by atoms with E-state index < -0.39 is 17.2 Å². The van der Waals surface area contributed by atoms with Crippen molar-refractivity contribution in [1.82, 2.24) is 9.55 Å². The zero-order valence-corrected chi connectivity index (χ0v) is 18.0. The quantitative estimate of drug-likeness (QED) is 0.738. The average Bonchev–Trinajstić information content (AvgIpc) is 2.77. The molecule has 8 heteroatoms. The molecule has 31 heavy (non-hydrogen) atoms. The van der Waals surface area contributed by atoms with Crippen molar-refractivity contribution in [3.05, 3.63) is 61.4 Å². The van der Waals surface area contributed by atoms with Crippen molar-refractivity contribution in [2.75, 3.05) is 19.5 Å². The normalized spacial score (nSPS) is 17.6. The molecule has 1 atom stereocenters. The highest BCUT2D eigenvalue weighted by Crippen LogP contribution is 2.45. The Hall–Kier alpha value is -3.29. The maximum Gasteiger partial charge on any atom is 0.329 e. The Morgan fingerprint density at radius 3 is 2.42 bits per heavy atom. The first kappa shape index (κ1) is 21.0. The predicted molar refractivity (Wildman–Crippen MR) is 117 cm³/mol. The lowest BCUT2D eigenvalue weighted by atomic mass is 9.76. The van der Waals surface area contributed by atoms with E-state index in [1.54, 1.807) is 24.9 Å². The van der Waals surface area contributed by atoms with E-state index in [1.807, 2.05) is 19.1 Å². The van der Waals surface area contributed by atoms with Crippen molar-refractivity contribution < 1.29 is 14.3 Å². The van der Waals surface area contributed by atoms with Gasteiger partial charge in [-0.05, 0) is 37.0 Å². The van der Waals surface area contributed by atoms with Crippen LogP contribution in [0.4, 0.5) is 5.82 Å². The van der Waals surface area contributed by atoms with Crippen LogP contribution in [0, 0.1) is 0 Å². The molecule has 0 saturated heterocycles. The van der Waals surface area contributed by atoms with Crippen molar-refractivity contribution in [3.8, 4) is 11.5 Å². The SMILES string of the molecule is CCCCn1c2c(c(=O)[nH]c1=O)[C@H](c1cc(OC)cc(OC)c1)C1=C(CCCC1=O)N2. The van der Waals surface area contributed by atoms with Crippen LogP contribution in [0.25, 0.3) is 0 Å². The Morgan fingerprint density at radius 1 is 1.06 bits per heavy atom. The van der Waals surface area contributed by atoms with Gasteiger partial charge in [0.05, 0.1) is 19.8 Å². The summed E-state index contributed by atoms with van der Waals surface area (Å²) in [5.41, 5.74) is 1.52. The summed E-state index contributed by atoms with van der Waals surface area (Å²) < 4.78 is 12.4. The number of methoxy groups -OCH3 is 2. The summed E-state index contributed by atoms with van der Waals surface area (Å²) in [6.45, 7) is 2.52. The summed E-state index contributed by atoms with van der Waals surface area (Å²) in [5, 5.41) is 3.28. The van der Waals surface area contributed by atoms with Gasteiger partial charge in [-0.1, -0.05) is 13.3 Å². The Kier molecular flexibility index (Phi) is 5.71. The van der Waals surface area contributed by atoms with Crippen LogP contribution in [0.5, 0.6) is 11.5 Å². The number of aromatic nitrogens is 2. The molecule has 0 fully saturated rings. The molecule has 164 valence electrons. The molecule has 1 aliphatic carbocycles. The summed E-state index contributed by atoms with van der Waals surface area (Å²) in [6, 6.07) is 5.38. The molecule has 0 saturated carbocycles. The second kappa shape index (κ2) is 8.45. The van der Waals surface area contributed by atoms with Gasteiger partial charge in [0.2, 0.25) is 0 Å². The molecular formula is C23H27N3O5. The van der Waals surface area contributed by atoms with Crippen LogP contribution in [-0.4, -0.2) is 29.6 Å². The molecular weight excluding hydrogens is 398 g/mol. The predicted octanol–water partition coefficient (Wildman–Crippen LogP) is 2.92. The van der Waals surface area contributed by atoms with E-state index in [0.29, 0.717) is 53.4 Å². The molecule has 0 bridgehead atoms. The third-order valence-electron chi connectivity index (χ3n) is 5.98. The van der Waals surface area contributed by atoms with Crippen molar-refractivity contribution in [2.24, 2.45) is 0 Å². The molecule has 1 aromatic carbocycles. The number of aromatic amines is 1. The number of hydrogen-bond acceptors (Lipinski definition) is 6. The van der Waals surface area contributed by atoms with Crippen LogP contribution in [0.3, 0.4) is 0 Å². The second-order valence-electron chi connectivity index (χ2n) is 7.90. The molecule has 1 aromatic heterocycles. The van der Waals surface area contributed by atoms with Crippen LogP contribution in [-0.2, 0) is 11.3 Å². The van der Waals surface area contributed by atoms with Gasteiger partial charge in [0.15, 0.2) is 5.78 Å². The number of unbranched alkanes of at least 4 members (excludes halogenated alkanes) is 1. The van der Waals surface area contributed by atoms with Gasteiger partial charge in [-0.2, -0.15) is 0 Å². The van der Waals surface area contributed by atoms with E-state index in [-0.39, 0.29) is 5.78 Å². The number of ketones is 1. The fourth-order valence-corrected chi connectivity index (χ4v) is 4.46. The molecule has 1 aliphatic heterocycles. The molecule has 0 unspecified atom stereocenters. The van der Waals surface area contributed by atoms with Crippen molar-refractivity contribution in [1.29, 1.82) is 0 Å². The number of nitrogens with one attached hydrogen (secondary N) is 2. The van der Waals surface area contributed by atoms with Gasteiger partial charge in [0.1, 0.15) is 17.3 Å². The fourth-order valence-electron chi connectivity index (χ4n) is 4.46. The number of fused-ring (bicyclic) bond motifs is 1. The van der Waals surface area contributed by atoms with Crippen LogP contribution < -0.4 is 26.0 Å². The van der Waals surface area contributed by atoms with Crippen LogP contribution in [0.15, 0.2) is 39.1 Å². The van der Waals surface area contributed by atoms with Crippen LogP contribution in [0.2, 0.25) is 0 Å². The van der Waals surface area contributed by atoms with Crippen molar-refractivity contribution >= 4 is 11.6 Å². The number of allylic oxidation sites excluding steroid dienone is 2. The summed E-state index contributed by atoms with van der Waals surface area (Å²) in [4.78, 5) is 41.2. The number of carbonyl (C=O) groups excluding carboxylic acids is 1. The topological polar surface area (TPSA) is 102 Å². The first-order valence-corrected chi connectivity index (χ1v) is 10.6. The number of nitrogens with zero attached hydrogens (tertiary/aromatic N) is 1. The summed E-state index contributed by atoms with van der Waals surface area (Å²) in [7, 11) is 3.11. The first-order valence-electron chi connectivity index (χ1n) is 10.6. The summed E-state index contributed by atoms with van der Waals surface area (Å²) >= 11 is 0. The standard InChI is InChI=1S/C23H27N3O5/c1-4-5-9-26-21-20(22(28)25-23(26)29)18(19-16(24-21)7-6-8-17(19)27)13-10-14(30-2)12-15(11-13)31-3/h10-12,18,24H,4-9H2,1-3H3,(H,25,28,29)/t18-/m1/s1. The smallest absolute Gasteiger partial charge is 0.329 e. The van der Waals surface area contributed by atoms with Gasteiger partial charge in [-0.25, -0.2) is 4.79 Å². The number of Topliss-reactive ketones (excluding diaryl/α,β-unsaturated/α-hetero) is 1. The number of ether oxygens (including phenoxy) is 2. The van der Waals surface area contributed by atoms with Crippen LogP contribution >= 0.6 is 0 Å². The lowest BCUT2D eigenvalue weighted by Gasteiger charge is -2.34. The molecule has 2 aromatic rings. The molecule has 2 aliphatic rings. The molecule has 0 amide bonds. The van der Waals surface area contributed by atoms with Gasteiger partial charge in [0.25, 0.3) is 5.56 Å². The number of benzene rings is 1. The van der Waals surface area contributed by atoms with E-state index >= 15 is 0 Å². The molecule has 2 N–H and O–H groups in total. The maximum absolute atomic E-state index is 13.1. The highest BCUT2D eigenvalue weighted by atomic mass is 16.5. The van der Waals surface area contributed by atoms with Gasteiger partial charge in [0, 0.05) is 36.2 Å². The van der Waals surface area contributed by atoms with E-state index in [9.17, 15) is 14.4 Å². The Morgan fingerprint density at radius 2 is 1.77 bits per heavy atom. The van der Waals surface area contributed by atoms with Gasteiger partial charge in [-0.15, -0.1) is 0 Å². The zero-order chi connectivity index (χ0) is 22.1. The second-order valence-corrected chi connectivity index (χ2v) is 7.90. The largest absolute Gasteiger partial charge is 0.497 e. The van der Waals surface area contributed by atoms with E-state index in [0.717, 1.165) is 25.0 Å². The molecule has 2 heterocycles. The molecule has 0 radical (unpaired) electrons. The fraction of sp³-hybridized carbons (Fsp3) is 0.435. The number of H-pyrrole nitrogens is 1. The molecule has 0 spiro atoms. The highest BCUT2D eigenvalue weighted by molar-refractivity contribution is 6.01. The Balaban J connectivity index is 2.02. The lowest BCUT2D eigenvalue weighted by Crippen LogP contribution is -2.40. The average molecular weight is 425 g/mol. The van der Waals surface area contributed by atoms with Crippen molar-refractivity contribution in [2.45, 2.75) is 51.5 Å². The molecule has 4 rings (SSSR count). The van der Waals surface area contributed by atoms with Gasteiger partial charge in [-0.3, -0.25) is 19.1 Å². The highest BCUT2D eigenvalue weighted by Gasteiger charge is 2.38. The monoisotopic (exact) mass is 425 g/mol. The van der Waals surface area contributed by atoms with Crippen molar-refractivity contribution in [3.63, 3.8) is 0 Å². The molecule has 8 nitrogen and oxygen atoms in total. The Labute approximate surface area is 179 Å². The van der Waals surface area contributed by atoms with Crippen LogP contribution in [0.1, 0.15) is 56.1 Å². The number of anilines is 1. The zero-order valence-electron chi connectivity index (χ0n) is 18.0. The lowest BCUT2D eigenvalue weighted by molar-refractivity contribution is -0.116. The minimum absolute atomic E-state index is 0.0110. The minimum Gasteiger partial charge on any atom is -0.497 e. The third kappa shape index (κ3) is 3.66. The third-order valence-corrected chi connectivity index (χ3v) is 5.98. The summed E-state index contributed by atoms with van der Waals surface area (Å²) in [5.74, 6) is 1.01. The van der Waals surface area contributed by atoms with E-state index in [1.165, 1.54) is 0 Å². The first-order chi connectivity index (χ1) is 15.0.